The summed E-state index contributed by atoms with van der Waals surface area (Å²) in [4.78, 5) is 44.5. The number of nitrogens with zero attached hydrogens (tertiary/aromatic N) is 11. The smallest absolute Gasteiger partial charge is 0.227 e. The maximum Gasteiger partial charge on any atom is 0.227 e. The van der Waals surface area contributed by atoms with Gasteiger partial charge in [0.25, 0.3) is 0 Å². The van der Waals surface area contributed by atoms with Crippen molar-refractivity contribution >= 4 is 45.2 Å². The molecule has 6 aromatic rings. The number of fused-ring (bicyclic) bond motifs is 2. The molecule has 2 aromatic carbocycles. The third-order valence-electron chi connectivity index (χ3n) is 13.1. The lowest BCUT2D eigenvalue weighted by Gasteiger charge is -2.45. The highest BCUT2D eigenvalue weighted by Crippen LogP contribution is 2.37. The molecule has 6 heterocycles. The molecular formula is C47H56N12O4. The van der Waals surface area contributed by atoms with Gasteiger partial charge in [-0.3, -0.25) is 9.97 Å². The fraction of sp³-hybridized carbons (Fsp3) is 0.489. The quantitative estimate of drug-likeness (QED) is 0.145. The highest BCUT2D eigenvalue weighted by atomic mass is 16.5. The molecule has 4 aliphatic rings. The second kappa shape index (κ2) is 18.4. The summed E-state index contributed by atoms with van der Waals surface area (Å²) in [5, 5.41) is 3.62. The van der Waals surface area contributed by atoms with E-state index in [1.54, 1.807) is 31.1 Å². The van der Waals surface area contributed by atoms with Crippen molar-refractivity contribution in [2.45, 2.75) is 103 Å². The topological polar surface area (TPSA) is 162 Å². The minimum absolute atomic E-state index is 0.0313. The Balaban J connectivity index is 0.854. The number of nitrogens with one attached hydrogen (secondary N) is 1. The number of morpholine rings is 2. The van der Waals surface area contributed by atoms with E-state index >= 15 is 0 Å². The molecule has 2 aliphatic carbocycles. The molecule has 4 aromatic heterocycles. The van der Waals surface area contributed by atoms with E-state index in [1.807, 2.05) is 19.3 Å². The first-order valence-electron chi connectivity index (χ1n) is 22.6. The van der Waals surface area contributed by atoms with Crippen LogP contribution in [0.4, 0.5) is 23.1 Å². The molecule has 16 nitrogen and oxygen atoms in total. The lowest BCUT2D eigenvalue weighted by atomic mass is 9.91. The molecule has 4 fully saturated rings. The predicted octanol–water partition coefficient (Wildman–Crippen LogP) is 6.78. The number of aryl methyl sites for hydroxylation is 3. The largest absolute Gasteiger partial charge is 0.488 e. The van der Waals surface area contributed by atoms with Crippen LogP contribution in [0.5, 0.6) is 11.5 Å². The molecule has 10 rings (SSSR count). The molecule has 1 N–H and O–H groups in total. The molecule has 0 bridgehead atoms. The Morgan fingerprint density at radius 1 is 0.651 bits per heavy atom. The molecule has 63 heavy (non-hydrogen) atoms. The van der Waals surface area contributed by atoms with Crippen LogP contribution < -0.4 is 29.5 Å². The zero-order valence-corrected chi connectivity index (χ0v) is 36.4. The van der Waals surface area contributed by atoms with E-state index in [2.05, 4.69) is 73.1 Å². The first kappa shape index (κ1) is 41.0. The molecule has 2 aliphatic heterocycles. The molecule has 0 radical (unpaired) electrons. The van der Waals surface area contributed by atoms with Gasteiger partial charge in [-0.1, -0.05) is 0 Å². The Morgan fingerprint density at radius 2 is 1.27 bits per heavy atom. The highest BCUT2D eigenvalue weighted by Gasteiger charge is 2.37. The Labute approximate surface area is 367 Å². The minimum Gasteiger partial charge on any atom is -0.488 e. The summed E-state index contributed by atoms with van der Waals surface area (Å²) in [6, 6.07) is 9.01. The van der Waals surface area contributed by atoms with Crippen molar-refractivity contribution in [3.8, 4) is 11.5 Å². The number of hydrogen-bond donors (Lipinski definition) is 1. The second-order valence-electron chi connectivity index (χ2n) is 17.3. The molecule has 0 spiro atoms. The van der Waals surface area contributed by atoms with Crippen molar-refractivity contribution < 1.29 is 18.9 Å². The monoisotopic (exact) mass is 852 g/mol. The van der Waals surface area contributed by atoms with Crippen LogP contribution >= 0.6 is 0 Å². The number of hydrogen-bond acceptors (Lipinski definition) is 16. The number of benzene rings is 2. The standard InChI is InChI=1S/C47H56N12O4/c1-30-27-53-47(55-32(30)3)59(34-6-10-38(11-7-34)63-41-24-35(57-16-19-60-20-17-57)22-39-44(41)51-14-12-49-39)43-28-58(18-21-61-43)36-23-40-45(52-15-13-50-40)42(25-36)62-37-8-4-33(5-9-37)56-46-31(2)26-48-29-54-46/h12-15,22-27,29,33-34,37-38,43H,4-11,16-21,28H2,1-3H3,(H,48,54,56). The van der Waals surface area contributed by atoms with E-state index in [-0.39, 0.29) is 24.5 Å². The summed E-state index contributed by atoms with van der Waals surface area (Å²) in [6.45, 7) is 11.1. The average Bonchev–Trinajstić information content (AvgIpc) is 3.32. The maximum absolute atomic E-state index is 6.84. The van der Waals surface area contributed by atoms with Crippen LogP contribution in [-0.2, 0) is 9.47 Å². The minimum atomic E-state index is -0.282. The Bertz CT molecular complexity index is 2530. The molecule has 2 saturated heterocycles. The summed E-state index contributed by atoms with van der Waals surface area (Å²) in [5.74, 6) is 3.15. The van der Waals surface area contributed by atoms with Gasteiger partial charge in [0, 0.05) is 104 Å². The van der Waals surface area contributed by atoms with E-state index in [4.69, 9.17) is 43.9 Å². The summed E-state index contributed by atoms with van der Waals surface area (Å²) in [7, 11) is 0. The van der Waals surface area contributed by atoms with E-state index < -0.39 is 0 Å². The van der Waals surface area contributed by atoms with E-state index in [0.717, 1.165) is 139 Å². The second-order valence-corrected chi connectivity index (χ2v) is 17.3. The number of rotatable bonds is 11. The fourth-order valence-electron chi connectivity index (χ4n) is 9.49. The van der Waals surface area contributed by atoms with E-state index in [9.17, 15) is 0 Å². The SMILES string of the molecule is Cc1cnc(N(C2CCC(Oc3cc(N4CCOCC4)cc4nccnc34)CC2)C2CN(c3cc(OC4CCC(Nc5ncncc5C)CC4)c4nccnc4c3)CCO2)nc1C. The molecule has 1 unspecified atom stereocenters. The van der Waals surface area contributed by atoms with Gasteiger partial charge in [-0.2, -0.15) is 0 Å². The first-order chi connectivity index (χ1) is 30.9. The van der Waals surface area contributed by atoms with Gasteiger partial charge in [-0.05, 0) is 89.8 Å². The third-order valence-corrected chi connectivity index (χ3v) is 13.1. The van der Waals surface area contributed by atoms with Crippen molar-refractivity contribution in [3.05, 3.63) is 84.6 Å². The predicted molar refractivity (Wildman–Crippen MR) is 242 cm³/mol. The summed E-state index contributed by atoms with van der Waals surface area (Å²) in [6.07, 6.45) is 19.5. The number of ether oxygens (including phenoxy) is 4. The highest BCUT2D eigenvalue weighted by molar-refractivity contribution is 5.86. The van der Waals surface area contributed by atoms with Crippen LogP contribution in [0.15, 0.2) is 67.8 Å². The van der Waals surface area contributed by atoms with Gasteiger partial charge in [0.1, 0.15) is 40.9 Å². The zero-order chi connectivity index (χ0) is 42.7. The zero-order valence-electron chi connectivity index (χ0n) is 36.4. The van der Waals surface area contributed by atoms with Crippen molar-refractivity contribution in [3.63, 3.8) is 0 Å². The van der Waals surface area contributed by atoms with Gasteiger partial charge in [-0.25, -0.2) is 29.9 Å². The molecule has 328 valence electrons. The van der Waals surface area contributed by atoms with Crippen molar-refractivity contribution in [1.29, 1.82) is 0 Å². The van der Waals surface area contributed by atoms with Crippen molar-refractivity contribution in [1.82, 2.24) is 39.9 Å². The van der Waals surface area contributed by atoms with Crippen LogP contribution in [0.1, 0.15) is 68.2 Å². The van der Waals surface area contributed by atoms with Crippen LogP contribution in [0.3, 0.4) is 0 Å². The van der Waals surface area contributed by atoms with Gasteiger partial charge in [0.05, 0.1) is 49.6 Å². The first-order valence-corrected chi connectivity index (χ1v) is 22.6. The van der Waals surface area contributed by atoms with E-state index in [0.29, 0.717) is 38.4 Å². The molecule has 16 heteroatoms. The van der Waals surface area contributed by atoms with Crippen LogP contribution in [-0.4, -0.2) is 116 Å². The van der Waals surface area contributed by atoms with Crippen molar-refractivity contribution in [2.75, 3.05) is 66.0 Å². The lowest BCUT2D eigenvalue weighted by molar-refractivity contribution is 0.0258. The Hall–Kier alpha value is -6.00. The lowest BCUT2D eigenvalue weighted by Crippen LogP contribution is -2.56. The van der Waals surface area contributed by atoms with Gasteiger partial charge >= 0.3 is 0 Å². The van der Waals surface area contributed by atoms with Gasteiger partial charge in [-0.15, -0.1) is 0 Å². The average molecular weight is 853 g/mol. The Morgan fingerprint density at radius 3 is 1.92 bits per heavy atom. The van der Waals surface area contributed by atoms with Crippen LogP contribution in [0, 0.1) is 20.8 Å². The fourth-order valence-corrected chi connectivity index (χ4v) is 9.49. The van der Waals surface area contributed by atoms with Gasteiger partial charge in [0.2, 0.25) is 5.95 Å². The third kappa shape index (κ3) is 9.09. The Kier molecular flexibility index (Phi) is 12.0. The molecule has 0 amide bonds. The molecule has 1 atom stereocenters. The number of aromatic nitrogens is 8. The summed E-state index contributed by atoms with van der Waals surface area (Å²) in [5.41, 5.74) is 8.42. The molecular weight excluding hydrogens is 797 g/mol. The van der Waals surface area contributed by atoms with E-state index in [1.165, 1.54) is 0 Å². The van der Waals surface area contributed by atoms with Crippen LogP contribution in [0.25, 0.3) is 22.1 Å². The number of anilines is 4. The maximum atomic E-state index is 6.84. The normalized spacial score (nSPS) is 23.1. The van der Waals surface area contributed by atoms with Gasteiger partial charge < -0.3 is 39.0 Å². The van der Waals surface area contributed by atoms with Gasteiger partial charge in [0.15, 0.2) is 0 Å². The van der Waals surface area contributed by atoms with Crippen molar-refractivity contribution in [2.24, 2.45) is 0 Å². The van der Waals surface area contributed by atoms with Crippen LogP contribution in [0.2, 0.25) is 0 Å². The summed E-state index contributed by atoms with van der Waals surface area (Å²) < 4.78 is 26.0. The molecule has 2 saturated carbocycles. The summed E-state index contributed by atoms with van der Waals surface area (Å²) >= 11 is 0.